The van der Waals surface area contributed by atoms with Gasteiger partial charge < -0.3 is 21.3 Å². The Morgan fingerprint density at radius 2 is 1.15 bits per heavy atom. The molecule has 0 spiro atoms. The van der Waals surface area contributed by atoms with E-state index < -0.39 is 17.6 Å². The first-order valence-corrected chi connectivity index (χ1v) is 14.4. The fraction of sp³-hybridized carbons (Fsp3) is 0.548. The highest BCUT2D eigenvalue weighted by molar-refractivity contribution is 5.98. The summed E-state index contributed by atoms with van der Waals surface area (Å²) >= 11 is 0. The largest absolute Gasteiger partial charge is 0.354 e. The van der Waals surface area contributed by atoms with Crippen molar-refractivity contribution in [1.29, 1.82) is 0 Å². The maximum absolute atomic E-state index is 13.3. The second kappa shape index (κ2) is 15.8. The third-order valence-electron chi connectivity index (χ3n) is 7.39. The van der Waals surface area contributed by atoms with E-state index in [1.165, 1.54) is 24.8 Å². The number of nitrogens with zero attached hydrogens (tertiary/aromatic N) is 2. The quantitative estimate of drug-likeness (QED) is 0.260. The normalized spacial score (nSPS) is 15.0. The van der Waals surface area contributed by atoms with E-state index in [9.17, 15) is 19.2 Å². The molecule has 10 heteroatoms. The number of nitrogens with one attached hydrogen (secondary N) is 4. The van der Waals surface area contributed by atoms with Crippen molar-refractivity contribution < 1.29 is 19.2 Å². The molecule has 2 rings (SSSR count). The molecule has 41 heavy (non-hydrogen) atoms. The van der Waals surface area contributed by atoms with Gasteiger partial charge >= 0.3 is 0 Å². The number of pyridine rings is 2. The molecule has 0 radical (unpaired) electrons. The molecule has 0 aliphatic heterocycles. The van der Waals surface area contributed by atoms with Gasteiger partial charge in [-0.1, -0.05) is 47.5 Å². The Hall–Kier alpha value is -3.82. The van der Waals surface area contributed by atoms with Crippen LogP contribution in [0.1, 0.15) is 88.4 Å². The first-order valence-electron chi connectivity index (χ1n) is 14.4. The van der Waals surface area contributed by atoms with Gasteiger partial charge in [0.25, 0.3) is 11.8 Å². The van der Waals surface area contributed by atoms with E-state index in [0.29, 0.717) is 30.5 Å². The summed E-state index contributed by atoms with van der Waals surface area (Å²) in [4.78, 5) is 59.8. The number of hydrogen-bond acceptors (Lipinski definition) is 6. The van der Waals surface area contributed by atoms with Crippen LogP contribution in [-0.4, -0.2) is 57.8 Å². The highest BCUT2D eigenvalue weighted by Crippen LogP contribution is 2.18. The van der Waals surface area contributed by atoms with Crippen LogP contribution in [0.4, 0.5) is 0 Å². The van der Waals surface area contributed by atoms with Crippen LogP contribution in [0, 0.1) is 17.8 Å². The van der Waals surface area contributed by atoms with Crippen LogP contribution in [0.5, 0.6) is 0 Å². The van der Waals surface area contributed by atoms with Gasteiger partial charge in [0.2, 0.25) is 11.8 Å². The highest BCUT2D eigenvalue weighted by atomic mass is 16.2. The summed E-state index contributed by atoms with van der Waals surface area (Å²) in [5.41, 5.74) is 0.289. The topological polar surface area (TPSA) is 142 Å². The third kappa shape index (κ3) is 10.6. The van der Waals surface area contributed by atoms with E-state index in [1.54, 1.807) is 24.3 Å². The zero-order chi connectivity index (χ0) is 30.6. The van der Waals surface area contributed by atoms with Crippen LogP contribution in [0.3, 0.4) is 0 Å². The molecule has 10 nitrogen and oxygen atoms in total. The highest BCUT2D eigenvalue weighted by Gasteiger charge is 2.32. The SMILES string of the molecule is CCC(C)C(NC(=O)c1ccncc1)C(=O)NCC(C)CC(C)(C)NC(=O)C(NC(=O)c1ccncc1)C(C)CC. The van der Waals surface area contributed by atoms with Gasteiger partial charge in [-0.2, -0.15) is 0 Å². The maximum Gasteiger partial charge on any atom is 0.252 e. The van der Waals surface area contributed by atoms with Crippen molar-refractivity contribution in [2.24, 2.45) is 17.8 Å². The summed E-state index contributed by atoms with van der Waals surface area (Å²) in [6, 6.07) is 5.05. The molecule has 0 aliphatic rings. The minimum absolute atomic E-state index is 0.0243. The summed E-state index contributed by atoms with van der Waals surface area (Å²) in [6.45, 7) is 14.1. The van der Waals surface area contributed by atoms with E-state index in [2.05, 4.69) is 31.2 Å². The third-order valence-corrected chi connectivity index (χ3v) is 7.39. The van der Waals surface area contributed by atoms with Gasteiger partial charge in [0.05, 0.1) is 0 Å². The van der Waals surface area contributed by atoms with Gasteiger partial charge in [0, 0.05) is 48.0 Å². The number of carbonyl (C=O) groups excluding carboxylic acids is 4. The molecule has 0 aliphatic carbocycles. The van der Waals surface area contributed by atoms with E-state index in [0.717, 1.165) is 6.42 Å². The molecule has 5 unspecified atom stereocenters. The monoisotopic (exact) mass is 566 g/mol. The van der Waals surface area contributed by atoms with Crippen LogP contribution >= 0.6 is 0 Å². The van der Waals surface area contributed by atoms with Crippen molar-refractivity contribution in [1.82, 2.24) is 31.2 Å². The number of carbonyl (C=O) groups is 4. The minimum atomic E-state index is -0.699. The molecule has 2 aromatic rings. The van der Waals surface area contributed by atoms with Crippen molar-refractivity contribution in [3.63, 3.8) is 0 Å². The predicted octanol–water partition coefficient (Wildman–Crippen LogP) is 3.50. The van der Waals surface area contributed by atoms with E-state index in [1.807, 2.05) is 48.5 Å². The van der Waals surface area contributed by atoms with Crippen molar-refractivity contribution in [2.45, 2.75) is 85.4 Å². The minimum Gasteiger partial charge on any atom is -0.354 e. The van der Waals surface area contributed by atoms with Crippen molar-refractivity contribution in [2.75, 3.05) is 6.54 Å². The van der Waals surface area contributed by atoms with E-state index in [4.69, 9.17) is 0 Å². The lowest BCUT2D eigenvalue weighted by atomic mass is 9.89. The Kier molecular flexibility index (Phi) is 12.9. The van der Waals surface area contributed by atoms with E-state index in [-0.39, 0.29) is 41.4 Å². The molecule has 224 valence electrons. The molecule has 0 aromatic carbocycles. The van der Waals surface area contributed by atoms with Gasteiger partial charge in [0.15, 0.2) is 0 Å². The molecule has 0 bridgehead atoms. The van der Waals surface area contributed by atoms with Crippen LogP contribution in [0.15, 0.2) is 49.1 Å². The number of aromatic nitrogens is 2. The average molecular weight is 567 g/mol. The molecule has 4 N–H and O–H groups in total. The molecular weight excluding hydrogens is 520 g/mol. The van der Waals surface area contributed by atoms with Crippen LogP contribution in [0.2, 0.25) is 0 Å². The molecular formula is C31H46N6O4. The standard InChI is InChI=1S/C31H46N6O4/c1-8-21(4)25(35-27(38)23-10-14-32-15-11-23)29(40)34-19-20(3)18-31(6,7)37-30(41)26(22(5)9-2)36-28(39)24-12-16-33-17-13-24/h10-17,20-22,25-26H,8-9,18-19H2,1-7H3,(H,34,40)(H,35,38)(H,36,39)(H,37,41). The first kappa shape index (κ1) is 33.4. The van der Waals surface area contributed by atoms with Crippen molar-refractivity contribution in [3.05, 3.63) is 60.2 Å². The van der Waals surface area contributed by atoms with Gasteiger partial charge in [-0.05, 0) is 62.3 Å². The lowest BCUT2D eigenvalue weighted by molar-refractivity contribution is -0.126. The Labute approximate surface area is 243 Å². The summed E-state index contributed by atoms with van der Waals surface area (Å²) in [5, 5.41) is 11.8. The zero-order valence-electron chi connectivity index (χ0n) is 25.4. The second-order valence-electron chi connectivity index (χ2n) is 11.6. The summed E-state index contributed by atoms with van der Waals surface area (Å²) in [7, 11) is 0. The zero-order valence-corrected chi connectivity index (χ0v) is 25.4. The second-order valence-corrected chi connectivity index (χ2v) is 11.6. The lowest BCUT2D eigenvalue weighted by Crippen LogP contribution is -2.56. The number of rotatable bonds is 15. The molecule has 0 saturated heterocycles. The lowest BCUT2D eigenvalue weighted by Gasteiger charge is -2.33. The van der Waals surface area contributed by atoms with Crippen LogP contribution in [-0.2, 0) is 9.59 Å². The molecule has 2 heterocycles. The summed E-state index contributed by atoms with van der Waals surface area (Å²) in [5.74, 6) is -1.26. The first-order chi connectivity index (χ1) is 19.4. The maximum atomic E-state index is 13.3. The molecule has 0 saturated carbocycles. The fourth-order valence-electron chi connectivity index (χ4n) is 4.65. The Bertz CT molecular complexity index is 1140. The summed E-state index contributed by atoms with van der Waals surface area (Å²) in [6.07, 6.45) is 8.17. The number of hydrogen-bond donors (Lipinski definition) is 4. The molecule has 5 atom stereocenters. The van der Waals surface area contributed by atoms with Crippen LogP contribution < -0.4 is 21.3 Å². The van der Waals surface area contributed by atoms with Gasteiger partial charge in [0.1, 0.15) is 12.1 Å². The number of amides is 4. The van der Waals surface area contributed by atoms with Crippen LogP contribution in [0.25, 0.3) is 0 Å². The molecule has 2 aromatic heterocycles. The summed E-state index contributed by atoms with van der Waals surface area (Å²) < 4.78 is 0. The Morgan fingerprint density at radius 3 is 1.56 bits per heavy atom. The Balaban J connectivity index is 1.97. The molecule has 0 fully saturated rings. The van der Waals surface area contributed by atoms with E-state index >= 15 is 0 Å². The molecule has 4 amide bonds. The Morgan fingerprint density at radius 1 is 0.732 bits per heavy atom. The fourth-order valence-corrected chi connectivity index (χ4v) is 4.65. The smallest absolute Gasteiger partial charge is 0.252 e. The average Bonchev–Trinajstić information content (AvgIpc) is 2.96. The van der Waals surface area contributed by atoms with Gasteiger partial charge in [-0.3, -0.25) is 29.1 Å². The van der Waals surface area contributed by atoms with Crippen molar-refractivity contribution in [3.8, 4) is 0 Å². The predicted molar refractivity (Wildman–Crippen MR) is 159 cm³/mol. The van der Waals surface area contributed by atoms with Crippen molar-refractivity contribution >= 4 is 23.6 Å². The van der Waals surface area contributed by atoms with Gasteiger partial charge in [-0.15, -0.1) is 0 Å². The van der Waals surface area contributed by atoms with Gasteiger partial charge in [-0.25, -0.2) is 0 Å².